The number of aryl methyl sites for hydroxylation is 2. The van der Waals surface area contributed by atoms with E-state index in [9.17, 15) is 0 Å². The molecule has 2 rings (SSSR count). The molecule has 0 bridgehead atoms. The van der Waals surface area contributed by atoms with Crippen molar-refractivity contribution in [3.05, 3.63) is 53.3 Å². The third-order valence-corrected chi connectivity index (χ3v) is 3.06. The average molecular weight is 274 g/mol. The van der Waals surface area contributed by atoms with Crippen LogP contribution >= 0.6 is 12.2 Å². The second kappa shape index (κ2) is 6.33. The molecule has 5 heteroatoms. The second-order valence-corrected chi connectivity index (χ2v) is 4.91. The lowest BCUT2D eigenvalue weighted by Gasteiger charge is -2.09. The number of hydrogen-bond acceptors (Lipinski definition) is 2. The molecule has 100 valence electrons. The van der Waals surface area contributed by atoms with Gasteiger partial charge in [0.2, 0.25) is 0 Å². The van der Waals surface area contributed by atoms with Gasteiger partial charge in [-0.1, -0.05) is 29.8 Å². The smallest absolute Gasteiger partial charge is 0.166 e. The third-order valence-electron chi connectivity index (χ3n) is 2.77. The summed E-state index contributed by atoms with van der Waals surface area (Å²) in [5.41, 5.74) is 3.45. The number of nitrogens with one attached hydrogen (secondary N) is 2. The molecule has 2 N–H and O–H groups in total. The summed E-state index contributed by atoms with van der Waals surface area (Å²) in [5, 5.41) is 11.2. The minimum Gasteiger partial charge on any atom is -0.359 e. The Morgan fingerprint density at radius 1 is 1.16 bits per heavy atom. The highest BCUT2D eigenvalue weighted by Gasteiger charge is 1.99. The van der Waals surface area contributed by atoms with E-state index in [1.54, 1.807) is 4.68 Å². The lowest BCUT2D eigenvalue weighted by Crippen LogP contribution is -2.34. The van der Waals surface area contributed by atoms with Gasteiger partial charge in [0.05, 0.1) is 12.2 Å². The fraction of sp³-hybridized carbons (Fsp3) is 0.286. The monoisotopic (exact) mass is 274 g/mol. The van der Waals surface area contributed by atoms with E-state index >= 15 is 0 Å². The number of benzene rings is 1. The van der Waals surface area contributed by atoms with E-state index in [1.807, 2.05) is 19.3 Å². The Kier molecular flexibility index (Phi) is 4.52. The summed E-state index contributed by atoms with van der Waals surface area (Å²) in [6.07, 6.45) is 1.92. The third kappa shape index (κ3) is 4.37. The van der Waals surface area contributed by atoms with Gasteiger partial charge in [-0.25, -0.2) is 0 Å². The Labute approximate surface area is 118 Å². The van der Waals surface area contributed by atoms with E-state index in [0.29, 0.717) is 11.7 Å². The maximum absolute atomic E-state index is 5.23. The van der Waals surface area contributed by atoms with Gasteiger partial charge in [0, 0.05) is 19.8 Å². The van der Waals surface area contributed by atoms with Crippen LogP contribution in [0.1, 0.15) is 16.8 Å². The lowest BCUT2D eigenvalue weighted by molar-refractivity contribution is 0.725. The number of rotatable bonds is 4. The molecule has 0 aliphatic heterocycles. The molecule has 1 aromatic heterocycles. The van der Waals surface area contributed by atoms with Gasteiger partial charge in [0.25, 0.3) is 0 Å². The first-order chi connectivity index (χ1) is 9.13. The van der Waals surface area contributed by atoms with Crippen molar-refractivity contribution in [3.63, 3.8) is 0 Å². The van der Waals surface area contributed by atoms with Crippen LogP contribution in [0, 0.1) is 6.92 Å². The van der Waals surface area contributed by atoms with Crippen molar-refractivity contribution in [2.75, 3.05) is 0 Å². The average Bonchev–Trinajstić information content (AvgIpc) is 2.81. The van der Waals surface area contributed by atoms with Crippen LogP contribution in [0.2, 0.25) is 0 Å². The van der Waals surface area contributed by atoms with Gasteiger partial charge in [-0.2, -0.15) is 5.10 Å². The fourth-order valence-corrected chi connectivity index (χ4v) is 1.82. The highest BCUT2D eigenvalue weighted by molar-refractivity contribution is 7.80. The summed E-state index contributed by atoms with van der Waals surface area (Å²) >= 11 is 5.23. The van der Waals surface area contributed by atoms with Crippen molar-refractivity contribution in [2.45, 2.75) is 20.0 Å². The largest absolute Gasteiger partial charge is 0.359 e. The molecule has 0 radical (unpaired) electrons. The van der Waals surface area contributed by atoms with Crippen molar-refractivity contribution in [3.8, 4) is 0 Å². The van der Waals surface area contributed by atoms with E-state index in [1.165, 1.54) is 11.1 Å². The van der Waals surface area contributed by atoms with Gasteiger partial charge in [-0.3, -0.25) is 4.68 Å². The molecular weight excluding hydrogens is 256 g/mol. The summed E-state index contributed by atoms with van der Waals surface area (Å²) < 4.78 is 1.78. The van der Waals surface area contributed by atoms with Crippen LogP contribution in [-0.2, 0) is 20.1 Å². The molecule has 19 heavy (non-hydrogen) atoms. The van der Waals surface area contributed by atoms with Gasteiger partial charge in [0.15, 0.2) is 5.11 Å². The van der Waals surface area contributed by atoms with E-state index < -0.39 is 0 Å². The summed E-state index contributed by atoms with van der Waals surface area (Å²) in [5.74, 6) is 0. The maximum atomic E-state index is 5.23. The van der Waals surface area contributed by atoms with Crippen LogP contribution in [0.3, 0.4) is 0 Å². The summed E-state index contributed by atoms with van der Waals surface area (Å²) in [6.45, 7) is 3.45. The molecule has 0 atom stereocenters. The Morgan fingerprint density at radius 3 is 2.47 bits per heavy atom. The quantitative estimate of drug-likeness (QED) is 0.836. The molecule has 2 aromatic rings. The molecule has 4 nitrogen and oxygen atoms in total. The summed E-state index contributed by atoms with van der Waals surface area (Å²) in [6, 6.07) is 10.4. The molecule has 0 saturated carbocycles. The Hall–Kier alpha value is -1.88. The first kappa shape index (κ1) is 13.5. The van der Waals surface area contributed by atoms with Crippen LogP contribution < -0.4 is 10.6 Å². The van der Waals surface area contributed by atoms with Crippen molar-refractivity contribution in [1.82, 2.24) is 20.4 Å². The number of thiocarbonyl (C=S) groups is 1. The normalized spacial score (nSPS) is 10.2. The Balaban J connectivity index is 1.74. The van der Waals surface area contributed by atoms with Gasteiger partial charge in [-0.15, -0.1) is 0 Å². The highest BCUT2D eigenvalue weighted by atomic mass is 32.1. The first-order valence-electron chi connectivity index (χ1n) is 6.19. The molecule has 0 saturated heterocycles. The predicted molar refractivity (Wildman–Crippen MR) is 80.7 cm³/mol. The molecule has 0 amide bonds. The van der Waals surface area contributed by atoms with E-state index in [4.69, 9.17) is 12.2 Å². The van der Waals surface area contributed by atoms with Gasteiger partial charge in [-0.05, 0) is 30.8 Å². The second-order valence-electron chi connectivity index (χ2n) is 4.50. The number of hydrogen-bond donors (Lipinski definition) is 2. The SMILES string of the molecule is Cc1ccc(CNC(=S)NCc2ccn(C)n2)cc1. The summed E-state index contributed by atoms with van der Waals surface area (Å²) in [7, 11) is 1.90. The Morgan fingerprint density at radius 2 is 1.84 bits per heavy atom. The molecule has 0 aliphatic rings. The minimum atomic E-state index is 0.639. The van der Waals surface area contributed by atoms with Crippen molar-refractivity contribution >= 4 is 17.3 Å². The Bertz CT molecular complexity index is 545. The van der Waals surface area contributed by atoms with Gasteiger partial charge in [0.1, 0.15) is 0 Å². The van der Waals surface area contributed by atoms with Crippen molar-refractivity contribution in [2.24, 2.45) is 7.05 Å². The zero-order valence-corrected chi connectivity index (χ0v) is 12.0. The molecule has 1 heterocycles. The van der Waals surface area contributed by atoms with Crippen molar-refractivity contribution < 1.29 is 0 Å². The van der Waals surface area contributed by atoms with Crippen molar-refractivity contribution in [1.29, 1.82) is 0 Å². The minimum absolute atomic E-state index is 0.639. The molecule has 0 aliphatic carbocycles. The first-order valence-corrected chi connectivity index (χ1v) is 6.60. The van der Waals surface area contributed by atoms with E-state index in [2.05, 4.69) is 46.9 Å². The molecule has 1 aromatic carbocycles. The molecule has 0 fully saturated rings. The van der Waals surface area contributed by atoms with Crippen LogP contribution in [0.4, 0.5) is 0 Å². The number of nitrogens with zero attached hydrogens (tertiary/aromatic N) is 2. The highest BCUT2D eigenvalue weighted by Crippen LogP contribution is 2.02. The molecule has 0 unspecified atom stereocenters. The molecular formula is C14H18N4S. The lowest BCUT2D eigenvalue weighted by atomic mass is 10.1. The molecule has 0 spiro atoms. The van der Waals surface area contributed by atoms with E-state index in [-0.39, 0.29) is 0 Å². The van der Waals surface area contributed by atoms with E-state index in [0.717, 1.165) is 12.2 Å². The maximum Gasteiger partial charge on any atom is 0.166 e. The fourth-order valence-electron chi connectivity index (χ4n) is 1.68. The predicted octanol–water partition coefficient (Wildman–Crippen LogP) is 1.89. The van der Waals surface area contributed by atoms with Crippen LogP contribution in [-0.4, -0.2) is 14.9 Å². The topological polar surface area (TPSA) is 41.9 Å². The van der Waals surface area contributed by atoms with Crippen LogP contribution in [0.5, 0.6) is 0 Å². The summed E-state index contributed by atoms with van der Waals surface area (Å²) in [4.78, 5) is 0. The van der Waals surface area contributed by atoms with Gasteiger partial charge < -0.3 is 10.6 Å². The zero-order valence-electron chi connectivity index (χ0n) is 11.2. The number of aromatic nitrogens is 2. The van der Waals surface area contributed by atoms with Crippen LogP contribution in [0.25, 0.3) is 0 Å². The van der Waals surface area contributed by atoms with Crippen LogP contribution in [0.15, 0.2) is 36.5 Å². The van der Waals surface area contributed by atoms with Gasteiger partial charge >= 0.3 is 0 Å². The zero-order chi connectivity index (χ0) is 13.7. The standard InChI is InChI=1S/C14H18N4S/c1-11-3-5-12(6-4-11)9-15-14(19)16-10-13-7-8-18(2)17-13/h3-8H,9-10H2,1-2H3,(H2,15,16,19).